The number of aromatic nitrogens is 4. The van der Waals surface area contributed by atoms with Crippen molar-refractivity contribution in [2.45, 2.75) is 37.8 Å². The van der Waals surface area contributed by atoms with E-state index >= 15 is 0 Å². The van der Waals surface area contributed by atoms with E-state index in [0.717, 1.165) is 35.7 Å². The Morgan fingerprint density at radius 1 is 1.16 bits per heavy atom. The van der Waals surface area contributed by atoms with Crippen LogP contribution < -0.4 is 0 Å². The Labute approximate surface area is 119 Å². The summed E-state index contributed by atoms with van der Waals surface area (Å²) in [6.07, 6.45) is 3.56. The molecule has 1 aromatic heterocycles. The molecule has 0 radical (unpaired) electrons. The standard InChI is InChI=1S/C13H15BrN4O/c14-10-7-5-9(6-8-10)13-15-17-18(16-13)11-3-1-2-4-12(11)19/h5-8,11-12,19H,1-4H2. The van der Waals surface area contributed by atoms with Crippen molar-refractivity contribution < 1.29 is 5.11 Å². The van der Waals surface area contributed by atoms with Crippen LogP contribution in [0.4, 0.5) is 0 Å². The van der Waals surface area contributed by atoms with E-state index < -0.39 is 0 Å². The second kappa shape index (κ2) is 5.38. The quantitative estimate of drug-likeness (QED) is 0.923. The number of benzene rings is 1. The van der Waals surface area contributed by atoms with Crippen molar-refractivity contribution in [2.24, 2.45) is 0 Å². The number of rotatable bonds is 2. The Balaban J connectivity index is 1.84. The summed E-state index contributed by atoms with van der Waals surface area (Å²) in [5.74, 6) is 0.602. The van der Waals surface area contributed by atoms with Crippen molar-refractivity contribution >= 4 is 15.9 Å². The number of aliphatic hydroxyl groups excluding tert-OH is 1. The summed E-state index contributed by atoms with van der Waals surface area (Å²) >= 11 is 3.40. The smallest absolute Gasteiger partial charge is 0.204 e. The predicted octanol–water partition coefficient (Wildman–Crippen LogP) is 2.58. The van der Waals surface area contributed by atoms with Crippen LogP contribution >= 0.6 is 15.9 Å². The first-order valence-electron chi connectivity index (χ1n) is 6.47. The van der Waals surface area contributed by atoms with Crippen LogP contribution in [0.15, 0.2) is 28.7 Å². The fraction of sp³-hybridized carbons (Fsp3) is 0.462. The lowest BCUT2D eigenvalue weighted by molar-refractivity contribution is 0.0614. The number of hydrogen-bond donors (Lipinski definition) is 1. The van der Waals surface area contributed by atoms with Crippen LogP contribution in [0.3, 0.4) is 0 Å². The summed E-state index contributed by atoms with van der Waals surface area (Å²) < 4.78 is 1.02. The molecule has 3 rings (SSSR count). The number of aliphatic hydroxyl groups is 1. The van der Waals surface area contributed by atoms with Gasteiger partial charge in [-0.2, -0.15) is 4.80 Å². The molecule has 2 atom stereocenters. The number of nitrogens with zero attached hydrogens (tertiary/aromatic N) is 4. The van der Waals surface area contributed by atoms with Crippen LogP contribution in [0.1, 0.15) is 31.7 Å². The van der Waals surface area contributed by atoms with E-state index in [-0.39, 0.29) is 12.1 Å². The molecule has 0 spiro atoms. The zero-order valence-corrected chi connectivity index (χ0v) is 12.0. The SMILES string of the molecule is OC1CCCCC1n1nnc(-c2ccc(Br)cc2)n1. The van der Waals surface area contributed by atoms with E-state index in [1.807, 2.05) is 24.3 Å². The second-order valence-corrected chi connectivity index (χ2v) is 5.78. The normalized spacial score (nSPS) is 23.5. The predicted molar refractivity (Wildman–Crippen MR) is 74.5 cm³/mol. The topological polar surface area (TPSA) is 63.8 Å². The van der Waals surface area contributed by atoms with Crippen molar-refractivity contribution in [1.82, 2.24) is 20.2 Å². The molecule has 1 fully saturated rings. The van der Waals surface area contributed by atoms with Crippen molar-refractivity contribution in [2.75, 3.05) is 0 Å². The molecule has 1 saturated carbocycles. The fourth-order valence-electron chi connectivity index (χ4n) is 2.44. The van der Waals surface area contributed by atoms with Gasteiger partial charge in [-0.05, 0) is 42.3 Å². The van der Waals surface area contributed by atoms with Crippen molar-refractivity contribution in [1.29, 1.82) is 0 Å². The molecule has 1 N–H and O–H groups in total. The minimum Gasteiger partial charge on any atom is -0.391 e. The van der Waals surface area contributed by atoms with Crippen molar-refractivity contribution in [3.05, 3.63) is 28.7 Å². The third-order valence-corrected chi connectivity index (χ3v) is 4.05. The largest absolute Gasteiger partial charge is 0.391 e. The van der Waals surface area contributed by atoms with Gasteiger partial charge in [0.1, 0.15) is 0 Å². The molecule has 2 unspecified atom stereocenters. The Morgan fingerprint density at radius 2 is 1.89 bits per heavy atom. The zero-order chi connectivity index (χ0) is 13.2. The average molecular weight is 323 g/mol. The van der Waals surface area contributed by atoms with E-state index in [9.17, 15) is 5.11 Å². The third-order valence-electron chi connectivity index (χ3n) is 3.52. The molecule has 1 aromatic carbocycles. The number of halogens is 1. The molecule has 19 heavy (non-hydrogen) atoms. The lowest BCUT2D eigenvalue weighted by Gasteiger charge is -2.25. The molecule has 5 nitrogen and oxygen atoms in total. The molecule has 1 aliphatic carbocycles. The third kappa shape index (κ3) is 2.69. The minimum absolute atomic E-state index is 0.0366. The van der Waals surface area contributed by atoms with Crippen LogP contribution in [0.2, 0.25) is 0 Å². The van der Waals surface area contributed by atoms with Gasteiger partial charge < -0.3 is 5.11 Å². The Kier molecular flexibility index (Phi) is 3.61. The summed E-state index contributed by atoms with van der Waals surface area (Å²) in [6.45, 7) is 0. The summed E-state index contributed by atoms with van der Waals surface area (Å²) in [6, 6.07) is 7.76. The Bertz CT molecular complexity index is 554. The average Bonchev–Trinajstić information content (AvgIpc) is 2.89. The molecule has 2 aromatic rings. The number of tetrazole rings is 1. The van der Waals surface area contributed by atoms with E-state index in [4.69, 9.17) is 0 Å². The van der Waals surface area contributed by atoms with E-state index in [1.54, 1.807) is 4.80 Å². The highest BCUT2D eigenvalue weighted by Gasteiger charge is 2.26. The summed E-state index contributed by atoms with van der Waals surface area (Å²) in [5.41, 5.74) is 0.930. The van der Waals surface area contributed by atoms with Gasteiger partial charge in [-0.25, -0.2) is 0 Å². The minimum atomic E-state index is -0.360. The second-order valence-electron chi connectivity index (χ2n) is 4.86. The Morgan fingerprint density at radius 3 is 2.63 bits per heavy atom. The van der Waals surface area contributed by atoms with Gasteiger partial charge >= 0.3 is 0 Å². The molecule has 0 amide bonds. The highest BCUT2D eigenvalue weighted by Crippen LogP contribution is 2.28. The molecule has 1 aliphatic rings. The van der Waals surface area contributed by atoms with Gasteiger partial charge in [0.05, 0.1) is 12.1 Å². The van der Waals surface area contributed by atoms with Gasteiger partial charge in [0.2, 0.25) is 5.82 Å². The van der Waals surface area contributed by atoms with Crippen LogP contribution in [-0.2, 0) is 0 Å². The van der Waals surface area contributed by atoms with E-state index in [0.29, 0.717) is 5.82 Å². The highest BCUT2D eigenvalue weighted by molar-refractivity contribution is 9.10. The number of hydrogen-bond acceptors (Lipinski definition) is 4. The van der Waals surface area contributed by atoms with Crippen LogP contribution in [0.5, 0.6) is 0 Å². The van der Waals surface area contributed by atoms with E-state index in [1.165, 1.54) is 0 Å². The molecule has 0 bridgehead atoms. The molecule has 0 aliphatic heterocycles. The lowest BCUT2D eigenvalue weighted by atomic mass is 9.93. The van der Waals surface area contributed by atoms with Crippen molar-refractivity contribution in [3.63, 3.8) is 0 Å². The van der Waals surface area contributed by atoms with Crippen molar-refractivity contribution in [3.8, 4) is 11.4 Å². The first kappa shape index (κ1) is 12.7. The van der Waals surface area contributed by atoms with Gasteiger partial charge in [-0.3, -0.25) is 0 Å². The molecule has 100 valence electrons. The first-order valence-corrected chi connectivity index (χ1v) is 7.27. The van der Waals surface area contributed by atoms with Gasteiger partial charge in [-0.15, -0.1) is 10.2 Å². The molecular weight excluding hydrogens is 308 g/mol. The van der Waals surface area contributed by atoms with Crippen LogP contribution in [0, 0.1) is 0 Å². The summed E-state index contributed by atoms with van der Waals surface area (Å²) in [5, 5.41) is 22.6. The summed E-state index contributed by atoms with van der Waals surface area (Å²) in [4.78, 5) is 1.57. The molecule has 6 heteroatoms. The van der Waals surface area contributed by atoms with Gasteiger partial charge in [-0.1, -0.05) is 28.8 Å². The molecule has 0 saturated heterocycles. The van der Waals surface area contributed by atoms with Crippen LogP contribution in [-0.4, -0.2) is 31.4 Å². The first-order chi connectivity index (χ1) is 9.24. The van der Waals surface area contributed by atoms with E-state index in [2.05, 4.69) is 31.3 Å². The van der Waals surface area contributed by atoms with Gasteiger partial charge in [0.25, 0.3) is 0 Å². The zero-order valence-electron chi connectivity index (χ0n) is 10.4. The highest BCUT2D eigenvalue weighted by atomic mass is 79.9. The molecular formula is C13H15BrN4O. The fourth-order valence-corrected chi connectivity index (χ4v) is 2.71. The maximum atomic E-state index is 10.0. The van der Waals surface area contributed by atoms with Crippen LogP contribution in [0.25, 0.3) is 11.4 Å². The van der Waals surface area contributed by atoms with Gasteiger partial charge in [0, 0.05) is 10.0 Å². The lowest BCUT2D eigenvalue weighted by Crippen LogP contribution is -2.29. The Hall–Kier alpha value is -1.27. The maximum absolute atomic E-state index is 10.0. The summed E-state index contributed by atoms with van der Waals surface area (Å²) in [7, 11) is 0. The monoisotopic (exact) mass is 322 g/mol. The molecule has 1 heterocycles. The van der Waals surface area contributed by atoms with Gasteiger partial charge in [0.15, 0.2) is 0 Å². The maximum Gasteiger partial charge on any atom is 0.204 e.